The van der Waals surface area contributed by atoms with Gasteiger partial charge in [0.05, 0.1) is 21.6 Å². The lowest BCUT2D eigenvalue weighted by Crippen LogP contribution is -2.54. The molecule has 0 spiro atoms. The number of carbonyl (C=O) groups is 1. The molecule has 6 rings (SSSR count). The first-order valence-corrected chi connectivity index (χ1v) is 16.5. The Hall–Kier alpha value is -2.70. The summed E-state index contributed by atoms with van der Waals surface area (Å²) < 4.78 is 31.2. The first-order valence-electron chi connectivity index (χ1n) is 14.8. The third-order valence-corrected chi connectivity index (χ3v) is 10.8. The maximum absolute atomic E-state index is 15.3. The summed E-state index contributed by atoms with van der Waals surface area (Å²) in [5, 5.41) is 0.700. The Morgan fingerprint density at radius 1 is 1.07 bits per heavy atom. The first kappa shape index (κ1) is 31.3. The maximum atomic E-state index is 15.3. The topological polar surface area (TPSA) is 64.9 Å². The molecule has 4 heterocycles. The summed E-state index contributed by atoms with van der Waals surface area (Å²) in [4.78, 5) is 40.1. The number of halogens is 4. The number of hydrogen-bond donors (Lipinski definition) is 0. The Morgan fingerprint density at radius 2 is 1.80 bits per heavy atom. The molecule has 234 valence electrons. The van der Waals surface area contributed by atoms with Crippen molar-refractivity contribution in [3.8, 4) is 11.1 Å². The van der Waals surface area contributed by atoms with E-state index in [0.717, 1.165) is 38.8 Å². The summed E-state index contributed by atoms with van der Waals surface area (Å²) in [6, 6.07) is 3.41. The highest BCUT2D eigenvalue weighted by atomic mass is 35.5. The van der Waals surface area contributed by atoms with Crippen LogP contribution in [0.4, 0.5) is 14.6 Å². The minimum Gasteiger partial charge on any atom is -0.350 e. The molecule has 2 saturated heterocycles. The Morgan fingerprint density at radius 3 is 2.48 bits per heavy atom. The van der Waals surface area contributed by atoms with Crippen molar-refractivity contribution in [3.63, 3.8) is 0 Å². The van der Waals surface area contributed by atoms with Gasteiger partial charge in [0.1, 0.15) is 17.5 Å². The van der Waals surface area contributed by atoms with Gasteiger partial charge in [-0.25, -0.2) is 13.6 Å². The first-order chi connectivity index (χ1) is 21.1. The van der Waals surface area contributed by atoms with E-state index < -0.39 is 17.3 Å². The van der Waals surface area contributed by atoms with Crippen molar-refractivity contribution in [2.75, 3.05) is 69.6 Å². The van der Waals surface area contributed by atoms with Crippen LogP contribution in [0.5, 0.6) is 0 Å². The highest BCUT2D eigenvalue weighted by Crippen LogP contribution is 2.48. The van der Waals surface area contributed by atoms with Crippen LogP contribution in [-0.2, 0) is 4.79 Å². The fraction of sp³-hybridized carbons (Fsp3) is 0.452. The predicted molar refractivity (Wildman–Crippen MR) is 173 cm³/mol. The monoisotopic (exact) mass is 662 g/mol. The molecule has 13 heteroatoms. The van der Waals surface area contributed by atoms with Gasteiger partial charge in [-0.05, 0) is 31.7 Å². The Balaban J connectivity index is 1.51. The molecule has 3 aliphatic heterocycles. The molecule has 2 aromatic carbocycles. The number of anilines is 1. The average Bonchev–Trinajstić information content (AvgIpc) is 3.01. The zero-order chi connectivity index (χ0) is 31.3. The summed E-state index contributed by atoms with van der Waals surface area (Å²) in [5.41, 5.74) is 0.680. The number of amides is 1. The van der Waals surface area contributed by atoms with E-state index in [1.165, 1.54) is 23.9 Å². The molecule has 0 saturated carbocycles. The molecule has 3 aliphatic rings. The van der Waals surface area contributed by atoms with Gasteiger partial charge >= 0.3 is 5.69 Å². The molecule has 0 bridgehead atoms. The summed E-state index contributed by atoms with van der Waals surface area (Å²) in [7, 11) is 0. The lowest BCUT2D eigenvalue weighted by molar-refractivity contribution is -0.126. The van der Waals surface area contributed by atoms with Crippen molar-refractivity contribution < 1.29 is 13.6 Å². The van der Waals surface area contributed by atoms with Crippen molar-refractivity contribution in [1.29, 1.82) is 0 Å². The lowest BCUT2D eigenvalue weighted by atomic mass is 10.0. The third-order valence-electron chi connectivity index (χ3n) is 8.93. The number of hydrogen-bond acceptors (Lipinski definition) is 7. The number of benzene rings is 2. The largest absolute Gasteiger partial charge is 0.350 e. The fourth-order valence-electron chi connectivity index (χ4n) is 6.57. The number of likely N-dealkylation sites (N-methyl/N-ethyl adjacent to an activating group) is 1. The molecular weight excluding hydrogens is 629 g/mol. The van der Waals surface area contributed by atoms with Gasteiger partial charge in [0.15, 0.2) is 0 Å². The predicted octanol–water partition coefficient (Wildman–Crippen LogP) is 5.16. The minimum atomic E-state index is -0.860. The molecule has 2 fully saturated rings. The van der Waals surface area contributed by atoms with Gasteiger partial charge in [-0.15, -0.1) is 11.8 Å². The third kappa shape index (κ3) is 5.62. The van der Waals surface area contributed by atoms with Gasteiger partial charge in [0, 0.05) is 91.6 Å². The van der Waals surface area contributed by atoms with Gasteiger partial charge in [-0.1, -0.05) is 36.7 Å². The molecule has 0 aliphatic carbocycles. The summed E-state index contributed by atoms with van der Waals surface area (Å²) >= 11 is 14.5. The molecular formula is C31H34Cl2F2N6O2S. The van der Waals surface area contributed by atoms with Crippen LogP contribution in [-0.4, -0.2) is 101 Å². The molecule has 3 aromatic rings. The van der Waals surface area contributed by atoms with Crippen LogP contribution in [0.1, 0.15) is 19.9 Å². The van der Waals surface area contributed by atoms with Gasteiger partial charge in [0.25, 0.3) is 0 Å². The van der Waals surface area contributed by atoms with Crippen molar-refractivity contribution in [2.24, 2.45) is 0 Å². The summed E-state index contributed by atoms with van der Waals surface area (Å²) in [6.07, 6.45) is 1.30. The zero-order valence-electron chi connectivity index (χ0n) is 24.7. The maximum Gasteiger partial charge on any atom is 0.350 e. The van der Waals surface area contributed by atoms with E-state index in [1.54, 1.807) is 15.5 Å². The van der Waals surface area contributed by atoms with Gasteiger partial charge in [0.2, 0.25) is 5.91 Å². The van der Waals surface area contributed by atoms with E-state index in [9.17, 15) is 14.0 Å². The van der Waals surface area contributed by atoms with E-state index >= 15 is 4.39 Å². The minimum absolute atomic E-state index is 0.0715. The lowest BCUT2D eigenvalue weighted by Gasteiger charge is -2.41. The molecule has 8 nitrogen and oxygen atoms in total. The quantitative estimate of drug-likeness (QED) is 0.267. The van der Waals surface area contributed by atoms with Crippen LogP contribution >= 0.6 is 35.0 Å². The van der Waals surface area contributed by atoms with Crippen LogP contribution in [0.2, 0.25) is 10.0 Å². The van der Waals surface area contributed by atoms with E-state index in [0.29, 0.717) is 59.1 Å². The van der Waals surface area contributed by atoms with Crippen molar-refractivity contribution in [3.05, 3.63) is 63.0 Å². The molecule has 0 radical (unpaired) electrons. The zero-order valence-corrected chi connectivity index (χ0v) is 27.0. The van der Waals surface area contributed by atoms with Crippen molar-refractivity contribution in [2.45, 2.75) is 30.8 Å². The van der Waals surface area contributed by atoms with E-state index in [-0.39, 0.29) is 33.6 Å². The standard InChI is InChI=1S/C31H34Cl2F2N6O2S/c1-4-26(42)39-10-11-40(18(3)15-39)30-21-13-23(33)27(20-12-22(32)25(35)14-24(20)34)29-28(21)41(31(43)36-30)19(17-44-29)16-38-8-6-37(5-2)7-9-38/h4,12-14,18-19H,1,5-11,15-17H2,2-3H3/t18-,19-/m0/s1. The normalized spacial score (nSPS) is 21.2. The number of carbonyl (C=O) groups excluding carboxylic acids is 1. The fourth-order valence-corrected chi connectivity index (χ4v) is 8.41. The number of piperazine rings is 2. The summed E-state index contributed by atoms with van der Waals surface area (Å²) in [6.45, 7) is 14.5. The van der Waals surface area contributed by atoms with Gasteiger partial charge in [-0.2, -0.15) is 4.98 Å². The Bertz CT molecular complexity index is 1700. The van der Waals surface area contributed by atoms with Gasteiger partial charge < -0.3 is 14.7 Å². The molecule has 2 atom stereocenters. The van der Waals surface area contributed by atoms with Gasteiger partial charge in [-0.3, -0.25) is 14.3 Å². The SMILES string of the molecule is C=CC(=O)N1CCN(c2nc(=O)n3c4c(c(-c5cc(Cl)c(F)cc5F)c(Cl)cc24)SC[C@@H]3CN2CCN(CC)CC2)[C@@H](C)C1. The second kappa shape index (κ2) is 12.6. The highest BCUT2D eigenvalue weighted by Gasteiger charge is 2.35. The molecule has 1 aromatic heterocycles. The number of thioether (sulfide) groups is 1. The molecule has 0 N–H and O–H groups in total. The molecule has 44 heavy (non-hydrogen) atoms. The van der Waals surface area contributed by atoms with Crippen LogP contribution in [0.25, 0.3) is 22.0 Å². The van der Waals surface area contributed by atoms with Crippen molar-refractivity contribution >= 4 is 57.6 Å². The Kier molecular flexibility index (Phi) is 8.96. The Labute approximate surface area is 269 Å². The van der Waals surface area contributed by atoms with E-state index in [4.69, 9.17) is 23.2 Å². The molecule has 0 unspecified atom stereocenters. The van der Waals surface area contributed by atoms with Crippen LogP contribution < -0.4 is 10.6 Å². The van der Waals surface area contributed by atoms with E-state index in [1.807, 2.05) is 11.8 Å². The van der Waals surface area contributed by atoms with E-state index in [2.05, 4.69) is 28.3 Å². The second-order valence-corrected chi connectivity index (χ2v) is 13.4. The van der Waals surface area contributed by atoms with Crippen LogP contribution in [0.3, 0.4) is 0 Å². The smallest absolute Gasteiger partial charge is 0.350 e. The van der Waals surface area contributed by atoms with Crippen molar-refractivity contribution in [1.82, 2.24) is 24.3 Å². The number of rotatable bonds is 6. The average molecular weight is 664 g/mol. The molecule has 1 amide bonds. The highest BCUT2D eigenvalue weighted by molar-refractivity contribution is 7.99. The number of aromatic nitrogens is 2. The second-order valence-electron chi connectivity index (χ2n) is 11.5. The van der Waals surface area contributed by atoms with Crippen LogP contribution in [0.15, 0.2) is 40.5 Å². The van der Waals surface area contributed by atoms with Crippen LogP contribution in [0, 0.1) is 11.6 Å². The number of nitrogens with zero attached hydrogens (tertiary/aromatic N) is 6. The summed E-state index contributed by atoms with van der Waals surface area (Å²) in [5.74, 6) is -0.765.